The first-order valence-corrected chi connectivity index (χ1v) is 3.31. The zero-order valence-corrected chi connectivity index (χ0v) is 6.41. The van der Waals surface area contributed by atoms with Gasteiger partial charge in [0.25, 0.3) is 0 Å². The summed E-state index contributed by atoms with van der Waals surface area (Å²) < 4.78 is 4.27. The molecule has 0 aliphatic carbocycles. The number of alkyl carbamates (subject to hydrolysis) is 1. The van der Waals surface area contributed by atoms with Crippen molar-refractivity contribution in [1.82, 2.24) is 5.32 Å². The van der Waals surface area contributed by atoms with E-state index >= 15 is 0 Å². The van der Waals surface area contributed by atoms with Crippen LogP contribution in [0, 0.1) is 0 Å². The minimum atomic E-state index is -0.771. The highest BCUT2D eigenvalue weighted by molar-refractivity contribution is 5.66. The van der Waals surface area contributed by atoms with Gasteiger partial charge in [-0.3, -0.25) is 0 Å². The topological polar surface area (TPSA) is 78.8 Å². The normalized spacial score (nSPS) is 12.3. The van der Waals surface area contributed by atoms with Crippen molar-refractivity contribution in [2.45, 2.75) is 12.5 Å². The highest BCUT2D eigenvalue weighted by Gasteiger charge is 2.02. The first-order valence-electron chi connectivity index (χ1n) is 3.31. The Morgan fingerprint density at radius 2 is 2.36 bits per heavy atom. The molecule has 0 spiro atoms. The van der Waals surface area contributed by atoms with Gasteiger partial charge in [0.2, 0.25) is 0 Å². The van der Waals surface area contributed by atoms with Crippen molar-refractivity contribution < 1.29 is 19.7 Å². The number of carbonyl (C=O) groups is 1. The smallest absolute Gasteiger partial charge is 0.406 e. The Labute approximate surface area is 65.0 Å². The highest BCUT2D eigenvalue weighted by Crippen LogP contribution is 1.86. The number of hydrogen-bond donors (Lipinski definition) is 3. The van der Waals surface area contributed by atoms with Gasteiger partial charge >= 0.3 is 6.09 Å². The number of amides is 1. The van der Waals surface area contributed by atoms with Crippen molar-refractivity contribution in [1.29, 1.82) is 0 Å². The molecular weight excluding hydrogens is 150 g/mol. The van der Waals surface area contributed by atoms with Crippen LogP contribution in [0.25, 0.3) is 0 Å². The number of aliphatic hydroxyl groups excluding tert-OH is 2. The summed E-state index contributed by atoms with van der Waals surface area (Å²) in [6.45, 7) is 0.0112. The number of nitrogens with one attached hydrogen (secondary N) is 1. The van der Waals surface area contributed by atoms with Crippen molar-refractivity contribution in [2.75, 3.05) is 20.3 Å². The molecule has 1 atom stereocenters. The Hall–Kier alpha value is -0.810. The minimum Gasteiger partial charge on any atom is -0.453 e. The van der Waals surface area contributed by atoms with Gasteiger partial charge in [-0.2, -0.15) is 0 Å². The van der Waals surface area contributed by atoms with E-state index in [0.29, 0.717) is 13.0 Å². The van der Waals surface area contributed by atoms with Gasteiger partial charge in [-0.05, 0) is 6.42 Å². The summed E-state index contributed by atoms with van der Waals surface area (Å²) in [5.41, 5.74) is 0. The molecule has 0 saturated heterocycles. The maximum atomic E-state index is 10.4. The molecule has 0 saturated carbocycles. The van der Waals surface area contributed by atoms with Gasteiger partial charge < -0.3 is 20.3 Å². The monoisotopic (exact) mass is 163 g/mol. The molecule has 11 heavy (non-hydrogen) atoms. The predicted octanol–water partition coefficient (Wildman–Crippen LogP) is -0.914. The number of methoxy groups -OCH3 is 1. The molecule has 0 aliphatic rings. The largest absolute Gasteiger partial charge is 0.453 e. The molecule has 0 radical (unpaired) electrons. The van der Waals surface area contributed by atoms with Crippen molar-refractivity contribution in [3.05, 3.63) is 0 Å². The quantitative estimate of drug-likeness (QED) is 0.501. The molecule has 5 heteroatoms. The molecule has 66 valence electrons. The molecular formula is C6H13NO4. The van der Waals surface area contributed by atoms with Crippen LogP contribution in [0.1, 0.15) is 6.42 Å². The molecule has 0 aromatic rings. The van der Waals surface area contributed by atoms with E-state index in [1.54, 1.807) is 0 Å². The zero-order chi connectivity index (χ0) is 8.69. The Kier molecular flexibility index (Phi) is 5.50. The second kappa shape index (κ2) is 5.94. The maximum Gasteiger partial charge on any atom is 0.406 e. The van der Waals surface area contributed by atoms with Gasteiger partial charge in [0.05, 0.1) is 19.8 Å². The number of hydrogen-bond acceptors (Lipinski definition) is 4. The molecule has 1 unspecified atom stereocenters. The lowest BCUT2D eigenvalue weighted by Gasteiger charge is -2.06. The zero-order valence-electron chi connectivity index (χ0n) is 6.41. The van der Waals surface area contributed by atoms with Gasteiger partial charge in [-0.1, -0.05) is 0 Å². The lowest BCUT2D eigenvalue weighted by molar-refractivity contribution is 0.0876. The second-order valence-corrected chi connectivity index (χ2v) is 2.04. The summed E-state index contributed by atoms with van der Waals surface area (Å²) in [5, 5.41) is 19.5. The third kappa shape index (κ3) is 5.63. The van der Waals surface area contributed by atoms with Crippen LogP contribution in [0.2, 0.25) is 0 Å². The standard InChI is InChI=1S/C6H13NO4/c1-11-6(10)7-3-2-5(9)4-8/h5,8-9H,2-4H2,1H3,(H,7,10). The Morgan fingerprint density at radius 3 is 2.82 bits per heavy atom. The summed E-state index contributed by atoms with van der Waals surface area (Å²) in [4.78, 5) is 10.4. The lowest BCUT2D eigenvalue weighted by Crippen LogP contribution is -2.27. The first-order chi connectivity index (χ1) is 5.20. The van der Waals surface area contributed by atoms with Gasteiger partial charge in [0, 0.05) is 6.54 Å². The maximum absolute atomic E-state index is 10.4. The fraction of sp³-hybridized carbons (Fsp3) is 0.833. The van der Waals surface area contributed by atoms with Crippen LogP contribution in [-0.2, 0) is 4.74 Å². The van der Waals surface area contributed by atoms with Crippen LogP contribution < -0.4 is 5.32 Å². The first kappa shape index (κ1) is 10.2. The minimum absolute atomic E-state index is 0.289. The third-order valence-corrected chi connectivity index (χ3v) is 1.14. The van der Waals surface area contributed by atoms with Crippen LogP contribution in [0.4, 0.5) is 4.79 Å². The highest BCUT2D eigenvalue weighted by atomic mass is 16.5. The van der Waals surface area contributed by atoms with Crippen LogP contribution in [-0.4, -0.2) is 42.7 Å². The number of carbonyl (C=O) groups excluding carboxylic acids is 1. The van der Waals surface area contributed by atoms with E-state index in [0.717, 1.165) is 0 Å². The average molecular weight is 163 g/mol. The van der Waals surface area contributed by atoms with E-state index < -0.39 is 12.2 Å². The molecule has 0 bridgehead atoms. The fourth-order valence-electron chi connectivity index (χ4n) is 0.504. The van der Waals surface area contributed by atoms with E-state index in [-0.39, 0.29) is 6.61 Å². The molecule has 0 aromatic carbocycles. The van der Waals surface area contributed by atoms with Crippen LogP contribution >= 0.6 is 0 Å². The Balaban J connectivity index is 3.20. The molecule has 0 rings (SSSR count). The van der Waals surface area contributed by atoms with E-state index in [1.165, 1.54) is 7.11 Å². The SMILES string of the molecule is COC(=O)NCCC(O)CO. The molecule has 0 heterocycles. The Morgan fingerprint density at radius 1 is 1.73 bits per heavy atom. The summed E-state index contributed by atoms with van der Waals surface area (Å²) >= 11 is 0. The van der Waals surface area contributed by atoms with Crippen LogP contribution in [0.3, 0.4) is 0 Å². The van der Waals surface area contributed by atoms with E-state index in [9.17, 15) is 4.79 Å². The summed E-state index contributed by atoms with van der Waals surface area (Å²) in [6.07, 6.45) is -0.978. The molecule has 1 amide bonds. The molecule has 0 fully saturated rings. The molecule has 3 N–H and O–H groups in total. The summed E-state index contributed by atoms with van der Waals surface area (Å²) in [6, 6.07) is 0. The number of rotatable bonds is 4. The van der Waals surface area contributed by atoms with Gasteiger partial charge in [-0.25, -0.2) is 4.79 Å². The van der Waals surface area contributed by atoms with Crippen molar-refractivity contribution in [3.8, 4) is 0 Å². The van der Waals surface area contributed by atoms with E-state index in [2.05, 4.69) is 10.1 Å². The van der Waals surface area contributed by atoms with E-state index in [4.69, 9.17) is 10.2 Å². The van der Waals surface area contributed by atoms with Crippen molar-refractivity contribution in [2.24, 2.45) is 0 Å². The second-order valence-electron chi connectivity index (χ2n) is 2.04. The third-order valence-electron chi connectivity index (χ3n) is 1.14. The average Bonchev–Trinajstić information content (AvgIpc) is 2.04. The summed E-state index contributed by atoms with van der Waals surface area (Å²) in [7, 11) is 1.26. The fourth-order valence-corrected chi connectivity index (χ4v) is 0.504. The molecule has 5 nitrogen and oxygen atoms in total. The van der Waals surface area contributed by atoms with Crippen LogP contribution in [0.5, 0.6) is 0 Å². The number of aliphatic hydroxyl groups is 2. The number of ether oxygens (including phenoxy) is 1. The lowest BCUT2D eigenvalue weighted by atomic mass is 10.3. The van der Waals surface area contributed by atoms with E-state index in [1.807, 2.05) is 0 Å². The van der Waals surface area contributed by atoms with Crippen molar-refractivity contribution >= 4 is 6.09 Å². The van der Waals surface area contributed by atoms with Gasteiger partial charge in [-0.15, -0.1) is 0 Å². The van der Waals surface area contributed by atoms with Gasteiger partial charge in [0.15, 0.2) is 0 Å². The van der Waals surface area contributed by atoms with Gasteiger partial charge in [0.1, 0.15) is 0 Å². The van der Waals surface area contributed by atoms with Crippen molar-refractivity contribution in [3.63, 3.8) is 0 Å². The van der Waals surface area contributed by atoms with Crippen LogP contribution in [0.15, 0.2) is 0 Å². The predicted molar refractivity (Wildman–Crippen MR) is 38.1 cm³/mol. The molecule has 0 aromatic heterocycles. The Bertz CT molecular complexity index is 117. The summed E-state index contributed by atoms with van der Waals surface area (Å²) in [5.74, 6) is 0. The molecule has 0 aliphatic heterocycles.